The van der Waals surface area contributed by atoms with E-state index in [1.54, 1.807) is 68.8 Å². The number of hydrogen-bond acceptors (Lipinski definition) is 5. The smallest absolute Gasteiger partial charge is 0.259 e. The second kappa shape index (κ2) is 10.2. The number of rotatable bonds is 8. The van der Waals surface area contributed by atoms with E-state index in [1.165, 1.54) is 17.0 Å². The van der Waals surface area contributed by atoms with E-state index < -0.39 is 5.82 Å². The Morgan fingerprint density at radius 1 is 1.03 bits per heavy atom. The fraction of sp³-hybridized carbons (Fsp3) is 0.174. The summed E-state index contributed by atoms with van der Waals surface area (Å²) >= 11 is 0. The Balaban J connectivity index is 1.53. The van der Waals surface area contributed by atoms with Crippen molar-refractivity contribution in [2.75, 3.05) is 20.7 Å². The lowest BCUT2D eigenvalue weighted by Gasteiger charge is -2.12. The molecule has 0 aliphatic rings. The van der Waals surface area contributed by atoms with Crippen LogP contribution in [0, 0.1) is 5.82 Å². The van der Waals surface area contributed by atoms with Crippen LogP contribution >= 0.6 is 0 Å². The van der Waals surface area contributed by atoms with Gasteiger partial charge in [0.15, 0.2) is 6.61 Å². The maximum absolute atomic E-state index is 13.2. The van der Waals surface area contributed by atoms with Crippen LogP contribution in [0.2, 0.25) is 0 Å². The van der Waals surface area contributed by atoms with Gasteiger partial charge in [-0.25, -0.2) is 9.37 Å². The molecule has 0 atom stereocenters. The third kappa shape index (κ3) is 6.53. The maximum Gasteiger partial charge on any atom is 0.259 e. The van der Waals surface area contributed by atoms with Crippen molar-refractivity contribution in [1.82, 2.24) is 15.2 Å². The molecule has 0 aliphatic heterocycles. The van der Waals surface area contributed by atoms with E-state index in [0.717, 1.165) is 5.56 Å². The molecular weight excluding hydrogens is 401 g/mol. The van der Waals surface area contributed by atoms with Crippen LogP contribution in [0.25, 0.3) is 0 Å². The summed E-state index contributed by atoms with van der Waals surface area (Å²) in [6.07, 6.45) is 1.57. The number of ether oxygens (including phenoxy) is 2. The molecule has 31 heavy (non-hydrogen) atoms. The minimum atomic E-state index is -0.393. The highest BCUT2D eigenvalue weighted by molar-refractivity contribution is 5.94. The number of hydrogen-bond donors (Lipinski definition) is 1. The first-order valence-corrected chi connectivity index (χ1v) is 9.50. The van der Waals surface area contributed by atoms with Gasteiger partial charge >= 0.3 is 0 Å². The van der Waals surface area contributed by atoms with E-state index in [4.69, 9.17) is 9.47 Å². The van der Waals surface area contributed by atoms with Crippen LogP contribution in [0.1, 0.15) is 15.9 Å². The van der Waals surface area contributed by atoms with Gasteiger partial charge in [-0.1, -0.05) is 18.2 Å². The van der Waals surface area contributed by atoms with Crippen LogP contribution in [-0.2, 0) is 11.3 Å². The zero-order chi connectivity index (χ0) is 22.2. The van der Waals surface area contributed by atoms with Crippen LogP contribution < -0.4 is 14.8 Å². The summed E-state index contributed by atoms with van der Waals surface area (Å²) in [6.45, 7) is 0.157. The minimum absolute atomic E-state index is 0.103. The van der Waals surface area contributed by atoms with E-state index in [0.29, 0.717) is 22.9 Å². The van der Waals surface area contributed by atoms with E-state index in [1.807, 2.05) is 0 Å². The zero-order valence-electron chi connectivity index (χ0n) is 17.2. The quantitative estimate of drug-likeness (QED) is 0.601. The highest BCUT2D eigenvalue weighted by atomic mass is 19.1. The molecule has 3 aromatic rings. The monoisotopic (exact) mass is 423 g/mol. The Kier molecular flexibility index (Phi) is 7.16. The van der Waals surface area contributed by atoms with E-state index in [9.17, 15) is 14.0 Å². The number of aromatic nitrogens is 1. The van der Waals surface area contributed by atoms with Crippen molar-refractivity contribution in [1.29, 1.82) is 0 Å². The molecule has 0 saturated heterocycles. The number of amides is 2. The molecule has 1 heterocycles. The second-order valence-electron chi connectivity index (χ2n) is 6.85. The van der Waals surface area contributed by atoms with Gasteiger partial charge in [0.1, 0.15) is 17.3 Å². The number of pyridine rings is 1. The summed E-state index contributed by atoms with van der Waals surface area (Å²) < 4.78 is 24.2. The van der Waals surface area contributed by atoms with Gasteiger partial charge in [-0.15, -0.1) is 0 Å². The summed E-state index contributed by atoms with van der Waals surface area (Å²) in [6, 6.07) is 15.8. The molecule has 160 valence electrons. The molecule has 0 radical (unpaired) electrons. The number of likely N-dealkylation sites (N-methyl/N-ethyl adjacent to an activating group) is 1. The van der Waals surface area contributed by atoms with Crippen LogP contribution in [-0.4, -0.2) is 42.4 Å². The van der Waals surface area contributed by atoms with Crippen molar-refractivity contribution in [2.24, 2.45) is 0 Å². The van der Waals surface area contributed by atoms with E-state index in [-0.39, 0.29) is 25.0 Å². The van der Waals surface area contributed by atoms with Crippen molar-refractivity contribution >= 4 is 11.8 Å². The van der Waals surface area contributed by atoms with Crippen molar-refractivity contribution in [2.45, 2.75) is 6.54 Å². The molecule has 0 bridgehead atoms. The van der Waals surface area contributed by atoms with Gasteiger partial charge < -0.3 is 19.7 Å². The summed E-state index contributed by atoms with van der Waals surface area (Å²) in [5.74, 6) is 0.247. The molecule has 2 aromatic carbocycles. The zero-order valence-corrected chi connectivity index (χ0v) is 17.2. The van der Waals surface area contributed by atoms with Gasteiger partial charge in [-0.2, -0.15) is 0 Å². The van der Waals surface area contributed by atoms with Crippen LogP contribution in [0.4, 0.5) is 4.39 Å². The SMILES string of the molecule is CN(C)C(=O)COc1cccc(C(=O)NCc2ccc(Oc3cccc(F)c3)nc2)c1. The van der Waals surface area contributed by atoms with Gasteiger partial charge in [0.2, 0.25) is 5.88 Å². The fourth-order valence-corrected chi connectivity index (χ4v) is 2.51. The third-order valence-electron chi connectivity index (χ3n) is 4.23. The van der Waals surface area contributed by atoms with Crippen LogP contribution in [0.3, 0.4) is 0 Å². The number of carbonyl (C=O) groups excluding carboxylic acids is 2. The summed E-state index contributed by atoms with van der Waals surface area (Å²) in [5.41, 5.74) is 1.18. The van der Waals surface area contributed by atoms with Crippen molar-refractivity contribution in [3.05, 3.63) is 83.8 Å². The van der Waals surface area contributed by atoms with Gasteiger partial charge in [0.25, 0.3) is 11.8 Å². The first kappa shape index (κ1) is 21.8. The topological polar surface area (TPSA) is 80.8 Å². The molecule has 0 fully saturated rings. The first-order chi connectivity index (χ1) is 14.9. The largest absolute Gasteiger partial charge is 0.484 e. The number of nitrogens with one attached hydrogen (secondary N) is 1. The Morgan fingerprint density at radius 2 is 1.81 bits per heavy atom. The molecule has 1 N–H and O–H groups in total. The van der Waals surface area contributed by atoms with Crippen molar-refractivity contribution < 1.29 is 23.5 Å². The van der Waals surface area contributed by atoms with Gasteiger partial charge in [-0.3, -0.25) is 9.59 Å². The highest BCUT2D eigenvalue weighted by Gasteiger charge is 2.09. The molecular formula is C23H22FN3O4. The number of halogens is 1. The summed E-state index contributed by atoms with van der Waals surface area (Å²) in [5, 5.41) is 2.80. The molecule has 2 amide bonds. The molecule has 0 aliphatic carbocycles. The predicted octanol–water partition coefficient (Wildman–Crippen LogP) is 3.41. The minimum Gasteiger partial charge on any atom is -0.484 e. The molecule has 3 rings (SSSR count). The van der Waals surface area contributed by atoms with Crippen molar-refractivity contribution in [3.8, 4) is 17.4 Å². The Labute approximate surface area is 179 Å². The lowest BCUT2D eigenvalue weighted by molar-refractivity contribution is -0.130. The standard InChI is InChI=1S/C23H22FN3O4/c1-27(2)22(28)15-30-19-7-3-5-17(11-19)23(29)26-14-16-9-10-21(25-13-16)31-20-8-4-6-18(24)12-20/h3-13H,14-15H2,1-2H3,(H,26,29). The average molecular weight is 423 g/mol. The Morgan fingerprint density at radius 3 is 2.52 bits per heavy atom. The Hall–Kier alpha value is -3.94. The molecule has 0 spiro atoms. The first-order valence-electron chi connectivity index (χ1n) is 9.50. The van der Waals surface area contributed by atoms with Crippen molar-refractivity contribution in [3.63, 3.8) is 0 Å². The molecule has 8 heteroatoms. The lowest BCUT2D eigenvalue weighted by atomic mass is 10.2. The molecule has 7 nitrogen and oxygen atoms in total. The summed E-state index contributed by atoms with van der Waals surface area (Å²) in [7, 11) is 3.29. The van der Waals surface area contributed by atoms with Crippen LogP contribution in [0.5, 0.6) is 17.4 Å². The average Bonchev–Trinajstić information content (AvgIpc) is 2.77. The number of benzene rings is 2. The molecule has 0 unspecified atom stereocenters. The normalized spacial score (nSPS) is 10.3. The van der Waals surface area contributed by atoms with E-state index >= 15 is 0 Å². The van der Waals surface area contributed by atoms with Gasteiger partial charge in [0, 0.05) is 44.5 Å². The molecule has 0 saturated carbocycles. The van der Waals surface area contributed by atoms with Crippen LogP contribution in [0.15, 0.2) is 66.9 Å². The van der Waals surface area contributed by atoms with Gasteiger partial charge in [0.05, 0.1) is 0 Å². The third-order valence-corrected chi connectivity index (χ3v) is 4.23. The second-order valence-corrected chi connectivity index (χ2v) is 6.85. The fourth-order valence-electron chi connectivity index (χ4n) is 2.51. The number of carbonyl (C=O) groups is 2. The Bertz CT molecular complexity index is 1050. The van der Waals surface area contributed by atoms with Gasteiger partial charge in [-0.05, 0) is 35.9 Å². The highest BCUT2D eigenvalue weighted by Crippen LogP contribution is 2.20. The maximum atomic E-state index is 13.2. The molecule has 1 aromatic heterocycles. The summed E-state index contributed by atoms with van der Waals surface area (Å²) in [4.78, 5) is 29.7. The number of nitrogens with zero attached hydrogens (tertiary/aromatic N) is 2. The lowest BCUT2D eigenvalue weighted by Crippen LogP contribution is -2.27. The predicted molar refractivity (Wildman–Crippen MR) is 113 cm³/mol. The van der Waals surface area contributed by atoms with E-state index in [2.05, 4.69) is 10.3 Å².